The highest BCUT2D eigenvalue weighted by Crippen LogP contribution is 2.15. The van der Waals surface area contributed by atoms with Crippen LogP contribution in [-0.4, -0.2) is 12.6 Å². The van der Waals surface area contributed by atoms with E-state index in [1.807, 2.05) is 24.3 Å². The first-order valence-electron chi connectivity index (χ1n) is 12.1. The van der Waals surface area contributed by atoms with E-state index in [-0.39, 0.29) is 5.97 Å². The zero-order chi connectivity index (χ0) is 21.0. The van der Waals surface area contributed by atoms with Crippen molar-refractivity contribution in [3.8, 4) is 5.75 Å². The van der Waals surface area contributed by atoms with Crippen LogP contribution in [0.3, 0.4) is 0 Å². The van der Waals surface area contributed by atoms with Gasteiger partial charge in [0.25, 0.3) is 0 Å². The summed E-state index contributed by atoms with van der Waals surface area (Å²) >= 11 is 0. The third-order valence-electron chi connectivity index (χ3n) is 5.28. The van der Waals surface area contributed by atoms with Gasteiger partial charge >= 0.3 is 5.97 Å². The van der Waals surface area contributed by atoms with E-state index in [1.54, 1.807) is 0 Å². The summed E-state index contributed by atoms with van der Waals surface area (Å²) in [6.07, 6.45) is 18.7. The molecular weight excluding hydrogens is 360 g/mol. The van der Waals surface area contributed by atoms with E-state index in [4.69, 9.17) is 9.47 Å². The van der Waals surface area contributed by atoms with Crippen molar-refractivity contribution in [1.29, 1.82) is 0 Å². The van der Waals surface area contributed by atoms with E-state index in [2.05, 4.69) is 13.8 Å². The second kappa shape index (κ2) is 18.5. The molecule has 3 nitrogen and oxygen atoms in total. The van der Waals surface area contributed by atoms with E-state index in [0.29, 0.717) is 13.0 Å². The van der Waals surface area contributed by atoms with Crippen LogP contribution >= 0.6 is 0 Å². The van der Waals surface area contributed by atoms with Gasteiger partial charge in [-0.25, -0.2) is 0 Å². The Kier molecular flexibility index (Phi) is 16.3. The summed E-state index contributed by atoms with van der Waals surface area (Å²) in [7, 11) is 0. The molecule has 29 heavy (non-hydrogen) atoms. The van der Waals surface area contributed by atoms with Crippen molar-refractivity contribution in [2.24, 2.45) is 0 Å². The SMILES string of the molecule is CCCCCCCCCCCCCCCC(=O)OCc1ccc(OCCC)cc1. The Morgan fingerprint density at radius 3 is 1.72 bits per heavy atom. The number of benzene rings is 1. The minimum Gasteiger partial charge on any atom is -0.494 e. The summed E-state index contributed by atoms with van der Waals surface area (Å²) in [5.41, 5.74) is 1.01. The number of carbonyl (C=O) groups excluding carboxylic acids is 1. The number of unbranched alkanes of at least 4 members (excludes halogenated alkanes) is 12. The molecule has 0 saturated heterocycles. The van der Waals surface area contributed by atoms with Crippen LogP contribution in [0.4, 0.5) is 0 Å². The summed E-state index contributed by atoms with van der Waals surface area (Å²) in [6.45, 7) is 5.44. The molecule has 0 aliphatic carbocycles. The molecule has 0 N–H and O–H groups in total. The van der Waals surface area contributed by atoms with Crippen LogP contribution in [0.1, 0.15) is 116 Å². The quantitative estimate of drug-likeness (QED) is 0.173. The molecule has 0 bridgehead atoms. The van der Waals surface area contributed by atoms with Crippen molar-refractivity contribution in [3.05, 3.63) is 29.8 Å². The first-order chi connectivity index (χ1) is 14.3. The minimum atomic E-state index is -0.0839. The molecule has 0 amide bonds. The van der Waals surface area contributed by atoms with E-state index < -0.39 is 0 Å². The third kappa shape index (κ3) is 15.1. The van der Waals surface area contributed by atoms with Crippen LogP contribution in [0.25, 0.3) is 0 Å². The Morgan fingerprint density at radius 2 is 1.21 bits per heavy atom. The van der Waals surface area contributed by atoms with Crippen molar-refractivity contribution in [1.82, 2.24) is 0 Å². The zero-order valence-corrected chi connectivity index (χ0v) is 19.1. The van der Waals surface area contributed by atoms with Crippen LogP contribution in [0.2, 0.25) is 0 Å². The Bertz CT molecular complexity index is 495. The average Bonchev–Trinajstić information content (AvgIpc) is 2.74. The maximum Gasteiger partial charge on any atom is 0.306 e. The average molecular weight is 405 g/mol. The number of ether oxygens (including phenoxy) is 2. The highest BCUT2D eigenvalue weighted by molar-refractivity contribution is 5.69. The maximum atomic E-state index is 11.9. The molecule has 0 aromatic heterocycles. The predicted octanol–water partition coefficient (Wildman–Crippen LogP) is 8.00. The lowest BCUT2D eigenvalue weighted by Gasteiger charge is -2.07. The largest absolute Gasteiger partial charge is 0.494 e. The second-order valence-electron chi connectivity index (χ2n) is 8.15. The van der Waals surface area contributed by atoms with Crippen LogP contribution in [0, 0.1) is 0 Å². The van der Waals surface area contributed by atoms with Crippen LogP contribution < -0.4 is 4.74 Å². The topological polar surface area (TPSA) is 35.5 Å². The van der Waals surface area contributed by atoms with Crippen molar-refractivity contribution in [2.45, 2.75) is 117 Å². The van der Waals surface area contributed by atoms with Gasteiger partial charge in [-0.1, -0.05) is 103 Å². The summed E-state index contributed by atoms with van der Waals surface area (Å²) in [4.78, 5) is 11.9. The van der Waals surface area contributed by atoms with Crippen molar-refractivity contribution >= 4 is 5.97 Å². The molecule has 0 fully saturated rings. The lowest BCUT2D eigenvalue weighted by atomic mass is 10.0. The predicted molar refractivity (Wildman–Crippen MR) is 122 cm³/mol. The summed E-state index contributed by atoms with van der Waals surface area (Å²) < 4.78 is 10.9. The van der Waals surface area contributed by atoms with Gasteiger partial charge in [-0.2, -0.15) is 0 Å². The van der Waals surface area contributed by atoms with E-state index in [1.165, 1.54) is 70.6 Å². The van der Waals surface area contributed by atoms with Gasteiger partial charge < -0.3 is 9.47 Å². The minimum absolute atomic E-state index is 0.0839. The Balaban J connectivity index is 1.90. The van der Waals surface area contributed by atoms with Gasteiger partial charge in [0, 0.05) is 6.42 Å². The van der Waals surface area contributed by atoms with Crippen molar-refractivity contribution < 1.29 is 14.3 Å². The third-order valence-corrected chi connectivity index (χ3v) is 5.28. The highest BCUT2D eigenvalue weighted by Gasteiger charge is 2.04. The molecule has 0 spiro atoms. The molecule has 1 aromatic carbocycles. The van der Waals surface area contributed by atoms with E-state index in [0.717, 1.165) is 37.2 Å². The highest BCUT2D eigenvalue weighted by atomic mass is 16.5. The molecule has 0 aliphatic heterocycles. The van der Waals surface area contributed by atoms with E-state index >= 15 is 0 Å². The van der Waals surface area contributed by atoms with Crippen LogP contribution in [-0.2, 0) is 16.1 Å². The molecule has 1 rings (SSSR count). The van der Waals surface area contributed by atoms with Crippen molar-refractivity contribution in [3.63, 3.8) is 0 Å². The van der Waals surface area contributed by atoms with Gasteiger partial charge in [-0.15, -0.1) is 0 Å². The standard InChI is InChI=1S/C26H44O3/c1-3-5-6-7-8-9-10-11-12-13-14-15-16-17-26(27)29-23-24-18-20-25(21-19-24)28-22-4-2/h18-21H,3-17,22-23H2,1-2H3. The fourth-order valence-corrected chi connectivity index (χ4v) is 3.42. The molecule has 0 radical (unpaired) electrons. The molecule has 1 aromatic rings. The first kappa shape index (κ1) is 25.5. The van der Waals surface area contributed by atoms with Gasteiger partial charge in [0.1, 0.15) is 12.4 Å². The zero-order valence-electron chi connectivity index (χ0n) is 19.1. The van der Waals surface area contributed by atoms with Crippen LogP contribution in [0.15, 0.2) is 24.3 Å². The van der Waals surface area contributed by atoms with Gasteiger partial charge in [0.15, 0.2) is 0 Å². The molecule has 3 heteroatoms. The molecule has 0 aliphatic rings. The number of rotatable bonds is 19. The number of carbonyl (C=O) groups is 1. The maximum absolute atomic E-state index is 11.9. The molecule has 0 saturated carbocycles. The smallest absolute Gasteiger partial charge is 0.306 e. The van der Waals surface area contributed by atoms with E-state index in [9.17, 15) is 4.79 Å². The molecule has 0 atom stereocenters. The number of hydrogen-bond acceptors (Lipinski definition) is 3. The van der Waals surface area contributed by atoms with Crippen LogP contribution in [0.5, 0.6) is 5.75 Å². The summed E-state index contributed by atoms with van der Waals surface area (Å²) in [6, 6.07) is 7.80. The Hall–Kier alpha value is -1.51. The lowest BCUT2D eigenvalue weighted by Crippen LogP contribution is -2.04. The Labute approximate surface area is 179 Å². The second-order valence-corrected chi connectivity index (χ2v) is 8.15. The molecule has 0 heterocycles. The van der Waals surface area contributed by atoms with Gasteiger partial charge in [-0.05, 0) is 30.5 Å². The fourth-order valence-electron chi connectivity index (χ4n) is 3.42. The normalized spacial score (nSPS) is 10.8. The molecule has 166 valence electrons. The first-order valence-corrected chi connectivity index (χ1v) is 12.1. The van der Waals surface area contributed by atoms with Gasteiger partial charge in [0.05, 0.1) is 6.61 Å². The summed E-state index contributed by atoms with van der Waals surface area (Å²) in [5, 5.41) is 0. The number of esters is 1. The summed E-state index contributed by atoms with van der Waals surface area (Å²) in [5.74, 6) is 0.785. The Morgan fingerprint density at radius 1 is 0.690 bits per heavy atom. The monoisotopic (exact) mass is 404 g/mol. The molecule has 0 unspecified atom stereocenters. The van der Waals surface area contributed by atoms with Gasteiger partial charge in [0.2, 0.25) is 0 Å². The van der Waals surface area contributed by atoms with Crippen molar-refractivity contribution in [2.75, 3.05) is 6.61 Å². The fraction of sp³-hybridized carbons (Fsp3) is 0.731. The lowest BCUT2D eigenvalue weighted by molar-refractivity contribution is -0.145. The number of hydrogen-bond donors (Lipinski definition) is 0. The molecular formula is C26H44O3. The van der Waals surface area contributed by atoms with Gasteiger partial charge in [-0.3, -0.25) is 4.79 Å².